The Bertz CT molecular complexity index is 922. The van der Waals surface area contributed by atoms with Crippen molar-refractivity contribution in [2.75, 3.05) is 18.2 Å². The van der Waals surface area contributed by atoms with Crippen LogP contribution in [0, 0.1) is 0 Å². The van der Waals surface area contributed by atoms with Crippen LogP contribution in [0.5, 0.6) is 0 Å². The Hall–Kier alpha value is -3.19. The fourth-order valence-electron chi connectivity index (χ4n) is 2.23. The SMILES string of the molecule is COC(=O)c1cccc(Nc2nc(N)c(C(=O)c3ccccc3)s2)c1. The maximum Gasteiger partial charge on any atom is 0.337 e. The Kier molecular flexibility index (Phi) is 4.76. The predicted octanol–water partition coefficient (Wildman–Crippen LogP) is 3.49. The summed E-state index contributed by atoms with van der Waals surface area (Å²) in [6.45, 7) is 0. The first kappa shape index (κ1) is 16.7. The zero-order chi connectivity index (χ0) is 17.8. The molecule has 0 aliphatic rings. The van der Waals surface area contributed by atoms with Gasteiger partial charge in [0.15, 0.2) is 5.13 Å². The molecule has 25 heavy (non-hydrogen) atoms. The van der Waals surface area contributed by atoms with Crippen molar-refractivity contribution < 1.29 is 14.3 Å². The van der Waals surface area contributed by atoms with Crippen LogP contribution in [0.4, 0.5) is 16.6 Å². The third-order valence-electron chi connectivity index (χ3n) is 3.43. The molecular weight excluding hydrogens is 338 g/mol. The molecule has 0 bridgehead atoms. The van der Waals surface area contributed by atoms with E-state index in [-0.39, 0.29) is 11.6 Å². The van der Waals surface area contributed by atoms with Gasteiger partial charge in [0, 0.05) is 11.3 Å². The molecule has 7 heteroatoms. The number of nitrogen functional groups attached to an aromatic ring is 1. The quantitative estimate of drug-likeness (QED) is 0.539. The summed E-state index contributed by atoms with van der Waals surface area (Å²) in [5.74, 6) is -0.431. The zero-order valence-electron chi connectivity index (χ0n) is 13.4. The molecule has 1 heterocycles. The van der Waals surface area contributed by atoms with Crippen LogP contribution < -0.4 is 11.1 Å². The largest absolute Gasteiger partial charge is 0.465 e. The standard InChI is InChI=1S/C18H15N3O3S/c1-24-17(23)12-8-5-9-13(10-12)20-18-21-16(19)15(25-18)14(22)11-6-3-2-4-7-11/h2-10H,19H2,1H3,(H,20,21). The Morgan fingerprint density at radius 3 is 2.52 bits per heavy atom. The predicted molar refractivity (Wildman–Crippen MR) is 97.5 cm³/mol. The van der Waals surface area contributed by atoms with E-state index in [2.05, 4.69) is 10.3 Å². The third-order valence-corrected chi connectivity index (χ3v) is 4.42. The van der Waals surface area contributed by atoms with Gasteiger partial charge < -0.3 is 15.8 Å². The number of ether oxygens (including phenoxy) is 1. The first-order valence-electron chi connectivity index (χ1n) is 7.40. The molecule has 0 aliphatic carbocycles. The molecule has 0 aliphatic heterocycles. The first-order valence-corrected chi connectivity index (χ1v) is 8.21. The van der Waals surface area contributed by atoms with Crippen molar-refractivity contribution in [3.63, 3.8) is 0 Å². The van der Waals surface area contributed by atoms with E-state index in [1.54, 1.807) is 48.5 Å². The van der Waals surface area contributed by atoms with Crippen LogP contribution in [0.3, 0.4) is 0 Å². The van der Waals surface area contributed by atoms with Gasteiger partial charge >= 0.3 is 5.97 Å². The number of carbonyl (C=O) groups excluding carboxylic acids is 2. The average Bonchev–Trinajstić information content (AvgIpc) is 3.01. The maximum atomic E-state index is 12.5. The molecule has 1 aromatic heterocycles. The van der Waals surface area contributed by atoms with Crippen LogP contribution in [0.2, 0.25) is 0 Å². The fourth-order valence-corrected chi connectivity index (χ4v) is 3.10. The summed E-state index contributed by atoms with van der Waals surface area (Å²) in [5.41, 5.74) is 7.51. The van der Waals surface area contributed by atoms with Crippen molar-refractivity contribution in [1.82, 2.24) is 4.98 Å². The molecule has 126 valence electrons. The number of rotatable bonds is 5. The lowest BCUT2D eigenvalue weighted by Crippen LogP contribution is -2.02. The first-order chi connectivity index (χ1) is 12.1. The normalized spacial score (nSPS) is 10.3. The molecule has 0 saturated heterocycles. The number of benzene rings is 2. The molecule has 0 unspecified atom stereocenters. The number of ketones is 1. The average molecular weight is 353 g/mol. The maximum absolute atomic E-state index is 12.5. The van der Waals surface area contributed by atoms with Gasteiger partial charge in [-0.25, -0.2) is 9.78 Å². The van der Waals surface area contributed by atoms with Crippen LogP contribution in [-0.4, -0.2) is 23.8 Å². The number of nitrogens with one attached hydrogen (secondary N) is 1. The number of esters is 1. The number of aromatic nitrogens is 1. The lowest BCUT2D eigenvalue weighted by molar-refractivity contribution is 0.0600. The Morgan fingerprint density at radius 2 is 1.80 bits per heavy atom. The Balaban J connectivity index is 1.84. The van der Waals surface area contributed by atoms with E-state index in [9.17, 15) is 9.59 Å². The zero-order valence-corrected chi connectivity index (χ0v) is 14.2. The second-order valence-corrected chi connectivity index (χ2v) is 6.12. The van der Waals surface area contributed by atoms with E-state index in [0.717, 1.165) is 11.3 Å². The second kappa shape index (κ2) is 7.14. The van der Waals surface area contributed by atoms with Gasteiger partial charge in [-0.3, -0.25) is 4.79 Å². The molecule has 0 radical (unpaired) electrons. The number of hydrogen-bond acceptors (Lipinski definition) is 7. The van der Waals surface area contributed by atoms with Gasteiger partial charge in [0.2, 0.25) is 5.78 Å². The number of nitrogens with zero attached hydrogens (tertiary/aromatic N) is 1. The minimum absolute atomic E-state index is 0.172. The molecule has 0 spiro atoms. The molecule has 0 saturated carbocycles. The fraction of sp³-hybridized carbons (Fsp3) is 0.0556. The van der Waals surface area contributed by atoms with Crippen molar-refractivity contribution in [2.45, 2.75) is 0 Å². The van der Waals surface area contributed by atoms with Crippen molar-refractivity contribution >= 4 is 39.7 Å². The molecule has 0 fully saturated rings. The van der Waals surface area contributed by atoms with Gasteiger partial charge in [-0.05, 0) is 18.2 Å². The molecule has 3 rings (SSSR count). The molecule has 0 amide bonds. The number of methoxy groups -OCH3 is 1. The van der Waals surface area contributed by atoms with Crippen LogP contribution in [0.25, 0.3) is 0 Å². The van der Waals surface area contributed by atoms with Gasteiger partial charge in [0.1, 0.15) is 10.7 Å². The number of nitrogens with two attached hydrogens (primary N) is 1. The summed E-state index contributed by atoms with van der Waals surface area (Å²) < 4.78 is 4.70. The minimum Gasteiger partial charge on any atom is -0.465 e. The van der Waals surface area contributed by atoms with E-state index in [0.29, 0.717) is 26.8 Å². The van der Waals surface area contributed by atoms with Gasteiger partial charge in [0.05, 0.1) is 12.7 Å². The van der Waals surface area contributed by atoms with E-state index < -0.39 is 5.97 Å². The Labute approximate surface area is 148 Å². The topological polar surface area (TPSA) is 94.3 Å². The van der Waals surface area contributed by atoms with E-state index in [4.69, 9.17) is 10.5 Å². The van der Waals surface area contributed by atoms with E-state index >= 15 is 0 Å². The lowest BCUT2D eigenvalue weighted by atomic mass is 10.1. The Morgan fingerprint density at radius 1 is 1.08 bits per heavy atom. The van der Waals surface area contributed by atoms with Crippen molar-refractivity contribution in [1.29, 1.82) is 0 Å². The number of thiazole rings is 1. The summed E-state index contributed by atoms with van der Waals surface area (Å²) in [5, 5.41) is 3.53. The van der Waals surface area contributed by atoms with Crippen LogP contribution in [0.15, 0.2) is 54.6 Å². The molecule has 3 N–H and O–H groups in total. The summed E-state index contributed by atoms with van der Waals surface area (Å²) in [4.78, 5) is 28.7. The van der Waals surface area contributed by atoms with Gasteiger partial charge in [-0.2, -0.15) is 0 Å². The number of carbonyl (C=O) groups is 2. The highest BCUT2D eigenvalue weighted by Crippen LogP contribution is 2.29. The van der Waals surface area contributed by atoms with Crippen molar-refractivity contribution in [3.8, 4) is 0 Å². The van der Waals surface area contributed by atoms with Crippen LogP contribution >= 0.6 is 11.3 Å². The van der Waals surface area contributed by atoms with Crippen molar-refractivity contribution in [3.05, 3.63) is 70.6 Å². The minimum atomic E-state index is -0.428. The molecular formula is C18H15N3O3S. The van der Waals surface area contributed by atoms with Crippen LogP contribution in [0.1, 0.15) is 25.6 Å². The molecule has 3 aromatic rings. The second-order valence-electron chi connectivity index (χ2n) is 5.13. The summed E-state index contributed by atoms with van der Waals surface area (Å²) in [7, 11) is 1.32. The van der Waals surface area contributed by atoms with Crippen molar-refractivity contribution in [2.24, 2.45) is 0 Å². The van der Waals surface area contributed by atoms with E-state index in [1.165, 1.54) is 7.11 Å². The van der Waals surface area contributed by atoms with Gasteiger partial charge in [-0.1, -0.05) is 47.7 Å². The summed E-state index contributed by atoms with van der Waals surface area (Å²) in [6.07, 6.45) is 0. The third kappa shape index (κ3) is 3.67. The highest BCUT2D eigenvalue weighted by Gasteiger charge is 2.18. The molecule has 6 nitrogen and oxygen atoms in total. The number of anilines is 3. The molecule has 0 atom stereocenters. The van der Waals surface area contributed by atoms with Crippen LogP contribution in [-0.2, 0) is 4.74 Å². The molecule has 2 aromatic carbocycles. The summed E-state index contributed by atoms with van der Waals surface area (Å²) >= 11 is 1.16. The smallest absolute Gasteiger partial charge is 0.337 e. The van der Waals surface area contributed by atoms with Gasteiger partial charge in [0.25, 0.3) is 0 Å². The number of hydrogen-bond donors (Lipinski definition) is 2. The van der Waals surface area contributed by atoms with E-state index in [1.807, 2.05) is 6.07 Å². The highest BCUT2D eigenvalue weighted by molar-refractivity contribution is 7.18. The summed E-state index contributed by atoms with van der Waals surface area (Å²) in [6, 6.07) is 15.7. The highest BCUT2D eigenvalue weighted by atomic mass is 32.1. The monoisotopic (exact) mass is 353 g/mol. The lowest BCUT2D eigenvalue weighted by Gasteiger charge is -2.04. The van der Waals surface area contributed by atoms with Gasteiger partial charge in [-0.15, -0.1) is 0 Å².